The molecule has 2 aromatic rings. The summed E-state index contributed by atoms with van der Waals surface area (Å²) in [6.45, 7) is 0.724. The van der Waals surface area contributed by atoms with Crippen molar-refractivity contribution in [3.05, 3.63) is 34.9 Å². The first-order valence-electron chi connectivity index (χ1n) is 7.56. The van der Waals surface area contributed by atoms with Gasteiger partial charge in [-0.15, -0.1) is 0 Å². The number of likely N-dealkylation sites (tertiary alicyclic amines) is 1. The van der Waals surface area contributed by atoms with Crippen LogP contribution in [0.1, 0.15) is 47.9 Å². The average Bonchev–Trinajstić information content (AvgIpc) is 2.96. The lowest BCUT2D eigenvalue weighted by molar-refractivity contribution is 0.0665. The molecule has 0 bridgehead atoms. The number of aryl methyl sites for hydroxylation is 2. The third kappa shape index (κ3) is 2.75. The molecular weight excluding hydrogens is 302 g/mol. The van der Waals surface area contributed by atoms with Crippen LogP contribution in [-0.2, 0) is 14.1 Å². The molecule has 1 fully saturated rings. The molecule has 1 atom stereocenters. The molecule has 0 radical (unpaired) electrons. The van der Waals surface area contributed by atoms with E-state index in [1.807, 2.05) is 24.2 Å². The molecule has 0 unspecified atom stereocenters. The topological polar surface area (TPSA) is 56.0 Å². The number of hydrogen-bond acceptors (Lipinski definition) is 3. The maximum absolute atomic E-state index is 13.0. The number of nitrogens with zero attached hydrogens (tertiary/aromatic N) is 5. The number of aromatic nitrogens is 4. The van der Waals surface area contributed by atoms with Gasteiger partial charge in [0.1, 0.15) is 5.69 Å². The Hall–Kier alpha value is -1.82. The van der Waals surface area contributed by atoms with Gasteiger partial charge in [-0.1, -0.05) is 24.4 Å². The van der Waals surface area contributed by atoms with Gasteiger partial charge in [0.2, 0.25) is 0 Å². The molecule has 1 saturated heterocycles. The van der Waals surface area contributed by atoms with Gasteiger partial charge in [-0.25, -0.2) is 0 Å². The minimum atomic E-state index is -0.0671. The highest BCUT2D eigenvalue weighted by Gasteiger charge is 2.31. The van der Waals surface area contributed by atoms with Crippen molar-refractivity contribution in [1.82, 2.24) is 24.5 Å². The number of halogens is 1. The molecule has 22 heavy (non-hydrogen) atoms. The Morgan fingerprint density at radius 1 is 1.32 bits per heavy atom. The molecule has 6 nitrogen and oxygen atoms in total. The zero-order valence-corrected chi connectivity index (χ0v) is 13.6. The van der Waals surface area contributed by atoms with Crippen molar-refractivity contribution in [3.8, 4) is 0 Å². The SMILES string of the molecule is Cn1ccc([C@@H]2CCCCCN2C(=O)c2c(Cl)cnn2C)n1. The maximum atomic E-state index is 13.0. The lowest BCUT2D eigenvalue weighted by atomic mass is 10.1. The molecule has 3 rings (SSSR count). The molecular formula is C15H20ClN5O. The van der Waals surface area contributed by atoms with Crippen LogP contribution >= 0.6 is 11.6 Å². The van der Waals surface area contributed by atoms with Gasteiger partial charge in [0.05, 0.1) is 23.0 Å². The Kier molecular flexibility index (Phi) is 4.20. The fourth-order valence-electron chi connectivity index (χ4n) is 3.06. The highest BCUT2D eigenvalue weighted by atomic mass is 35.5. The van der Waals surface area contributed by atoms with Gasteiger partial charge >= 0.3 is 0 Å². The second-order valence-corrected chi connectivity index (χ2v) is 6.15. The lowest BCUT2D eigenvalue weighted by Crippen LogP contribution is -2.36. The summed E-state index contributed by atoms with van der Waals surface area (Å²) in [6.07, 6.45) is 7.60. The van der Waals surface area contributed by atoms with Crippen molar-refractivity contribution < 1.29 is 4.79 Å². The highest BCUT2D eigenvalue weighted by Crippen LogP contribution is 2.31. The van der Waals surface area contributed by atoms with E-state index in [9.17, 15) is 4.79 Å². The van der Waals surface area contributed by atoms with Crippen molar-refractivity contribution in [2.24, 2.45) is 14.1 Å². The van der Waals surface area contributed by atoms with Crippen LogP contribution < -0.4 is 0 Å². The first-order chi connectivity index (χ1) is 10.6. The standard InChI is InChI=1S/C15H20ClN5O/c1-19-9-7-12(18-19)13-6-4-3-5-8-21(13)15(22)14-11(16)10-17-20(14)2/h7,9-10,13H,3-6,8H2,1-2H3/t13-/m0/s1. The van der Waals surface area contributed by atoms with Crippen LogP contribution in [0.4, 0.5) is 0 Å². The fourth-order valence-corrected chi connectivity index (χ4v) is 3.30. The average molecular weight is 322 g/mol. The van der Waals surface area contributed by atoms with Gasteiger partial charge in [-0.2, -0.15) is 10.2 Å². The monoisotopic (exact) mass is 321 g/mol. The van der Waals surface area contributed by atoms with Gasteiger partial charge in [-0.05, 0) is 18.9 Å². The van der Waals surface area contributed by atoms with Crippen molar-refractivity contribution in [3.63, 3.8) is 0 Å². The fraction of sp³-hybridized carbons (Fsp3) is 0.533. The van der Waals surface area contributed by atoms with Gasteiger partial charge in [0.25, 0.3) is 5.91 Å². The van der Waals surface area contributed by atoms with Crippen molar-refractivity contribution in [2.45, 2.75) is 31.7 Å². The number of rotatable bonds is 2. The Balaban J connectivity index is 1.95. The highest BCUT2D eigenvalue weighted by molar-refractivity contribution is 6.33. The molecule has 2 aromatic heterocycles. The number of carbonyl (C=O) groups is 1. The van der Waals surface area contributed by atoms with Crippen LogP contribution in [-0.4, -0.2) is 36.9 Å². The number of amides is 1. The van der Waals surface area contributed by atoms with E-state index in [1.54, 1.807) is 16.4 Å². The first kappa shape index (κ1) is 15.1. The van der Waals surface area contributed by atoms with E-state index < -0.39 is 0 Å². The normalized spacial score (nSPS) is 19.2. The molecule has 0 N–H and O–H groups in total. The lowest BCUT2D eigenvalue weighted by Gasteiger charge is -2.29. The van der Waals surface area contributed by atoms with Crippen LogP contribution in [0.2, 0.25) is 5.02 Å². The maximum Gasteiger partial charge on any atom is 0.274 e. The minimum Gasteiger partial charge on any atom is -0.329 e. The van der Waals surface area contributed by atoms with Gasteiger partial charge in [-0.3, -0.25) is 14.2 Å². The Bertz CT molecular complexity index is 658. The summed E-state index contributed by atoms with van der Waals surface area (Å²) in [5.41, 5.74) is 1.39. The Morgan fingerprint density at radius 2 is 2.14 bits per heavy atom. The molecule has 118 valence electrons. The third-order valence-corrected chi connectivity index (χ3v) is 4.46. The van der Waals surface area contributed by atoms with E-state index in [1.165, 1.54) is 6.20 Å². The number of carbonyl (C=O) groups excluding carboxylic acids is 1. The van der Waals surface area contributed by atoms with Gasteiger partial charge < -0.3 is 4.90 Å². The second kappa shape index (κ2) is 6.12. The van der Waals surface area contributed by atoms with E-state index in [4.69, 9.17) is 11.6 Å². The summed E-state index contributed by atoms with van der Waals surface area (Å²) < 4.78 is 3.32. The molecule has 0 aliphatic carbocycles. The summed E-state index contributed by atoms with van der Waals surface area (Å²) in [6, 6.07) is 1.99. The van der Waals surface area contributed by atoms with Crippen LogP contribution in [0.5, 0.6) is 0 Å². The largest absolute Gasteiger partial charge is 0.329 e. The van der Waals surface area contributed by atoms with E-state index in [2.05, 4.69) is 10.2 Å². The summed E-state index contributed by atoms with van der Waals surface area (Å²) in [5.74, 6) is -0.0671. The summed E-state index contributed by atoms with van der Waals surface area (Å²) in [4.78, 5) is 14.9. The van der Waals surface area contributed by atoms with E-state index >= 15 is 0 Å². The van der Waals surface area contributed by atoms with Gasteiger partial charge in [0, 0.05) is 26.8 Å². The van der Waals surface area contributed by atoms with E-state index in [0.29, 0.717) is 10.7 Å². The molecule has 7 heteroatoms. The quantitative estimate of drug-likeness (QED) is 0.854. The number of hydrogen-bond donors (Lipinski definition) is 0. The summed E-state index contributed by atoms with van der Waals surface area (Å²) in [7, 11) is 3.64. The third-order valence-electron chi connectivity index (χ3n) is 4.19. The zero-order chi connectivity index (χ0) is 15.7. The molecule has 0 aromatic carbocycles. The first-order valence-corrected chi connectivity index (χ1v) is 7.93. The molecule has 1 amide bonds. The predicted molar refractivity (Wildman–Crippen MR) is 83.7 cm³/mol. The predicted octanol–water partition coefficient (Wildman–Crippen LogP) is 2.56. The van der Waals surface area contributed by atoms with E-state index in [0.717, 1.165) is 37.9 Å². The molecule has 1 aliphatic rings. The Labute approximate surface area is 134 Å². The Morgan fingerprint density at radius 3 is 2.77 bits per heavy atom. The van der Waals surface area contributed by atoms with Crippen LogP contribution in [0.25, 0.3) is 0 Å². The van der Waals surface area contributed by atoms with Crippen LogP contribution in [0.15, 0.2) is 18.5 Å². The van der Waals surface area contributed by atoms with Crippen molar-refractivity contribution in [1.29, 1.82) is 0 Å². The van der Waals surface area contributed by atoms with Crippen molar-refractivity contribution in [2.75, 3.05) is 6.54 Å². The smallest absolute Gasteiger partial charge is 0.274 e. The van der Waals surface area contributed by atoms with Crippen LogP contribution in [0.3, 0.4) is 0 Å². The second-order valence-electron chi connectivity index (χ2n) is 5.74. The molecule has 3 heterocycles. The zero-order valence-electron chi connectivity index (χ0n) is 12.9. The molecule has 1 aliphatic heterocycles. The molecule has 0 saturated carbocycles. The van der Waals surface area contributed by atoms with E-state index in [-0.39, 0.29) is 11.9 Å². The summed E-state index contributed by atoms with van der Waals surface area (Å²) >= 11 is 6.15. The summed E-state index contributed by atoms with van der Waals surface area (Å²) in [5, 5.41) is 8.98. The van der Waals surface area contributed by atoms with Crippen molar-refractivity contribution >= 4 is 17.5 Å². The minimum absolute atomic E-state index is 0.00201. The van der Waals surface area contributed by atoms with Gasteiger partial charge in [0.15, 0.2) is 0 Å². The van der Waals surface area contributed by atoms with Crippen LogP contribution in [0, 0.1) is 0 Å². The molecule has 0 spiro atoms.